The van der Waals surface area contributed by atoms with Gasteiger partial charge in [0.25, 0.3) is 11.6 Å². The Balaban J connectivity index is 1.93. The lowest BCUT2D eigenvalue weighted by Gasteiger charge is -2.22. The Kier molecular flexibility index (Phi) is 6.25. The van der Waals surface area contributed by atoms with Crippen molar-refractivity contribution in [2.24, 2.45) is 0 Å². The van der Waals surface area contributed by atoms with E-state index in [9.17, 15) is 24.8 Å². The van der Waals surface area contributed by atoms with Gasteiger partial charge in [-0.05, 0) is 49.6 Å². The number of rotatable bonds is 7. The van der Waals surface area contributed by atoms with Gasteiger partial charge in [-0.25, -0.2) is 0 Å². The van der Waals surface area contributed by atoms with Gasteiger partial charge in [-0.15, -0.1) is 0 Å². The third kappa shape index (κ3) is 5.89. The van der Waals surface area contributed by atoms with Gasteiger partial charge in [-0.1, -0.05) is 12.1 Å². The number of nitro benzene ring substituents is 1. The molecule has 8 heteroatoms. The van der Waals surface area contributed by atoms with Gasteiger partial charge in [0, 0.05) is 30.4 Å². The second-order valence-corrected chi connectivity index (χ2v) is 6.41. The van der Waals surface area contributed by atoms with Crippen LogP contribution < -0.4 is 10.6 Å². The van der Waals surface area contributed by atoms with Gasteiger partial charge in [-0.2, -0.15) is 0 Å². The molecule has 142 valence electrons. The quantitative estimate of drug-likeness (QED) is 0.510. The molecule has 0 fully saturated rings. The Hall–Kier alpha value is -3.26. The summed E-state index contributed by atoms with van der Waals surface area (Å²) in [6.07, 6.45) is 0.645. The fraction of sp³-hybridized carbons (Fsp3) is 0.263. The summed E-state index contributed by atoms with van der Waals surface area (Å²) in [5, 5.41) is 26.3. The second-order valence-electron chi connectivity index (χ2n) is 6.41. The molecule has 0 unspecified atom stereocenters. The molecule has 2 amide bonds. The van der Waals surface area contributed by atoms with Crippen LogP contribution in [0.4, 0.5) is 17.1 Å². The van der Waals surface area contributed by atoms with E-state index in [0.29, 0.717) is 17.8 Å². The van der Waals surface area contributed by atoms with Crippen molar-refractivity contribution in [2.75, 3.05) is 10.6 Å². The van der Waals surface area contributed by atoms with Crippen LogP contribution in [-0.2, 0) is 16.0 Å². The normalized spacial score (nSPS) is 12.7. The molecule has 0 radical (unpaired) electrons. The van der Waals surface area contributed by atoms with Gasteiger partial charge >= 0.3 is 0 Å². The number of carbonyl (C=O) groups excluding carboxylic acids is 2. The van der Waals surface area contributed by atoms with Gasteiger partial charge in [0.15, 0.2) is 0 Å². The number of hydrogen-bond acceptors (Lipinski definition) is 5. The molecular weight excluding hydrogens is 350 g/mol. The van der Waals surface area contributed by atoms with E-state index in [1.54, 1.807) is 12.1 Å². The molecule has 0 aliphatic heterocycles. The number of nitrogens with one attached hydrogen (secondary N) is 2. The number of carbonyl (C=O) groups is 2. The Morgan fingerprint density at radius 2 is 1.56 bits per heavy atom. The summed E-state index contributed by atoms with van der Waals surface area (Å²) in [5.41, 5.74) is 0.257. The highest BCUT2D eigenvalue weighted by atomic mass is 16.6. The SMILES string of the molecule is CC(=O)Nc1ccc(CC[C@](C)(O)C(=O)Nc2ccc([N+](=O)[O-])cc2)cc1. The maximum Gasteiger partial charge on any atom is 0.269 e. The molecule has 0 bridgehead atoms. The smallest absolute Gasteiger partial charge is 0.269 e. The predicted molar refractivity (Wildman–Crippen MR) is 101 cm³/mol. The van der Waals surface area contributed by atoms with E-state index in [2.05, 4.69) is 10.6 Å². The van der Waals surface area contributed by atoms with E-state index in [4.69, 9.17) is 0 Å². The number of amides is 2. The van der Waals surface area contributed by atoms with Crippen molar-refractivity contribution in [3.63, 3.8) is 0 Å². The molecule has 0 aliphatic carbocycles. The van der Waals surface area contributed by atoms with Crippen LogP contribution in [0.2, 0.25) is 0 Å². The third-order valence-corrected chi connectivity index (χ3v) is 4.00. The minimum Gasteiger partial charge on any atom is -0.380 e. The van der Waals surface area contributed by atoms with Crippen LogP contribution in [0.25, 0.3) is 0 Å². The average molecular weight is 371 g/mol. The third-order valence-electron chi connectivity index (χ3n) is 4.00. The lowest BCUT2D eigenvalue weighted by Crippen LogP contribution is -2.40. The first-order chi connectivity index (χ1) is 12.7. The predicted octanol–water partition coefficient (Wildman–Crippen LogP) is 2.88. The van der Waals surface area contributed by atoms with E-state index in [0.717, 1.165) is 5.56 Å². The molecular formula is C19H21N3O5. The number of benzene rings is 2. The monoisotopic (exact) mass is 371 g/mol. The standard InChI is InChI=1S/C19H21N3O5/c1-13(23)20-15-5-3-14(4-6-15)11-12-19(2,25)18(24)21-16-7-9-17(10-8-16)22(26)27/h3-10,25H,11-12H2,1-2H3,(H,20,23)(H,21,24)/t19-/m0/s1. The number of nitrogens with zero attached hydrogens (tertiary/aromatic N) is 1. The number of hydrogen-bond donors (Lipinski definition) is 3. The lowest BCUT2D eigenvalue weighted by atomic mass is 9.95. The molecule has 0 aliphatic rings. The fourth-order valence-corrected chi connectivity index (χ4v) is 2.39. The summed E-state index contributed by atoms with van der Waals surface area (Å²) in [7, 11) is 0. The number of non-ortho nitro benzene ring substituents is 1. The molecule has 2 aromatic rings. The van der Waals surface area contributed by atoms with E-state index in [-0.39, 0.29) is 18.0 Å². The van der Waals surface area contributed by atoms with Crippen molar-refractivity contribution < 1.29 is 19.6 Å². The Morgan fingerprint density at radius 1 is 1.04 bits per heavy atom. The van der Waals surface area contributed by atoms with Gasteiger partial charge in [0.05, 0.1) is 4.92 Å². The van der Waals surface area contributed by atoms with Gasteiger partial charge in [-0.3, -0.25) is 19.7 Å². The van der Waals surface area contributed by atoms with Crippen molar-refractivity contribution in [3.8, 4) is 0 Å². The van der Waals surface area contributed by atoms with E-state index in [1.165, 1.54) is 38.1 Å². The van der Waals surface area contributed by atoms with Crippen molar-refractivity contribution in [2.45, 2.75) is 32.3 Å². The Bertz CT molecular complexity index is 829. The number of aryl methyl sites for hydroxylation is 1. The van der Waals surface area contributed by atoms with Crippen LogP contribution >= 0.6 is 0 Å². The second kappa shape index (κ2) is 8.41. The number of nitro groups is 1. The molecule has 0 saturated heterocycles. The van der Waals surface area contributed by atoms with E-state index < -0.39 is 16.4 Å². The zero-order valence-corrected chi connectivity index (χ0v) is 15.1. The topological polar surface area (TPSA) is 122 Å². The van der Waals surface area contributed by atoms with Gasteiger partial charge in [0.2, 0.25) is 5.91 Å². The van der Waals surface area contributed by atoms with Crippen LogP contribution in [-0.4, -0.2) is 27.4 Å². The first-order valence-corrected chi connectivity index (χ1v) is 8.32. The van der Waals surface area contributed by atoms with Crippen LogP contribution in [0.3, 0.4) is 0 Å². The minimum atomic E-state index is -1.61. The van der Waals surface area contributed by atoms with E-state index >= 15 is 0 Å². The zero-order chi connectivity index (χ0) is 20.0. The van der Waals surface area contributed by atoms with Crippen LogP contribution in [0.5, 0.6) is 0 Å². The number of aliphatic hydroxyl groups is 1. The van der Waals surface area contributed by atoms with Crippen LogP contribution in [0.1, 0.15) is 25.8 Å². The first-order valence-electron chi connectivity index (χ1n) is 8.32. The molecule has 3 N–H and O–H groups in total. The lowest BCUT2D eigenvalue weighted by molar-refractivity contribution is -0.384. The van der Waals surface area contributed by atoms with Gasteiger partial charge in [0.1, 0.15) is 5.60 Å². The van der Waals surface area contributed by atoms with Crippen molar-refractivity contribution in [1.29, 1.82) is 0 Å². The summed E-state index contributed by atoms with van der Waals surface area (Å²) in [5.74, 6) is -0.750. The largest absolute Gasteiger partial charge is 0.380 e. The molecule has 2 rings (SSSR count). The molecule has 0 aromatic heterocycles. The van der Waals surface area contributed by atoms with Crippen LogP contribution in [0, 0.1) is 10.1 Å². The fourth-order valence-electron chi connectivity index (χ4n) is 2.39. The van der Waals surface area contributed by atoms with Crippen LogP contribution in [0.15, 0.2) is 48.5 Å². The molecule has 0 spiro atoms. The number of anilines is 2. The van der Waals surface area contributed by atoms with Crippen molar-refractivity contribution >= 4 is 28.9 Å². The molecule has 8 nitrogen and oxygen atoms in total. The summed E-state index contributed by atoms with van der Waals surface area (Å²) in [6.45, 7) is 2.84. The first kappa shape index (κ1) is 20.1. The average Bonchev–Trinajstić information content (AvgIpc) is 2.61. The molecule has 2 aromatic carbocycles. The summed E-state index contributed by atoms with van der Waals surface area (Å²) < 4.78 is 0. The molecule has 1 atom stereocenters. The minimum absolute atomic E-state index is 0.0810. The van der Waals surface area contributed by atoms with Gasteiger partial charge < -0.3 is 15.7 Å². The zero-order valence-electron chi connectivity index (χ0n) is 15.1. The highest BCUT2D eigenvalue weighted by Crippen LogP contribution is 2.20. The summed E-state index contributed by atoms with van der Waals surface area (Å²) >= 11 is 0. The summed E-state index contributed by atoms with van der Waals surface area (Å²) in [6, 6.07) is 12.5. The highest BCUT2D eigenvalue weighted by Gasteiger charge is 2.30. The molecule has 0 saturated carbocycles. The molecule has 0 heterocycles. The van der Waals surface area contributed by atoms with Crippen molar-refractivity contribution in [1.82, 2.24) is 0 Å². The maximum atomic E-state index is 12.3. The summed E-state index contributed by atoms with van der Waals surface area (Å²) in [4.78, 5) is 33.4. The highest BCUT2D eigenvalue weighted by molar-refractivity contribution is 5.96. The molecule has 27 heavy (non-hydrogen) atoms. The van der Waals surface area contributed by atoms with E-state index in [1.807, 2.05) is 12.1 Å². The van der Waals surface area contributed by atoms with Crippen molar-refractivity contribution in [3.05, 3.63) is 64.2 Å². The maximum absolute atomic E-state index is 12.3. The Morgan fingerprint density at radius 3 is 2.07 bits per heavy atom. The Labute approximate surface area is 156 Å².